The molecule has 1 N–H and O–H groups in total. The van der Waals surface area contributed by atoms with Crippen LogP contribution in [-0.4, -0.2) is 43.4 Å². The van der Waals surface area contributed by atoms with Gasteiger partial charge in [0, 0.05) is 23.1 Å². The first-order chi connectivity index (χ1) is 12.7. The van der Waals surface area contributed by atoms with Crippen molar-refractivity contribution in [2.75, 3.05) is 5.32 Å². The van der Waals surface area contributed by atoms with E-state index in [0.29, 0.717) is 23.8 Å². The zero-order chi connectivity index (χ0) is 19.3. The highest BCUT2D eigenvalue weighted by molar-refractivity contribution is 6.20. The van der Waals surface area contributed by atoms with Crippen molar-refractivity contribution in [3.63, 3.8) is 0 Å². The van der Waals surface area contributed by atoms with Crippen LogP contribution in [0.1, 0.15) is 24.8 Å². The van der Waals surface area contributed by atoms with E-state index in [-0.39, 0.29) is 23.1 Å². The minimum absolute atomic E-state index is 0.0382. The minimum Gasteiger partial charge on any atom is -0.318 e. The highest BCUT2D eigenvalue weighted by atomic mass is 35.5. The van der Waals surface area contributed by atoms with Crippen molar-refractivity contribution in [3.05, 3.63) is 35.9 Å². The first kappa shape index (κ1) is 18.0. The summed E-state index contributed by atoms with van der Waals surface area (Å²) < 4.78 is 52.9. The zero-order valence-corrected chi connectivity index (χ0v) is 14.5. The summed E-state index contributed by atoms with van der Waals surface area (Å²) >= 11 is 6.11. The third-order valence-corrected chi connectivity index (χ3v) is 5.21. The van der Waals surface area contributed by atoms with Crippen LogP contribution in [0.3, 0.4) is 0 Å². The van der Waals surface area contributed by atoms with Gasteiger partial charge in [-0.15, -0.1) is 21.5 Å². The summed E-state index contributed by atoms with van der Waals surface area (Å²) in [7, 11) is 0. The molecule has 6 nitrogen and oxygen atoms in total. The number of amides is 2. The molecule has 0 aliphatic carbocycles. The van der Waals surface area contributed by atoms with Gasteiger partial charge in [0.05, 0.1) is 5.56 Å². The smallest absolute Gasteiger partial charge is 0.318 e. The Kier molecular flexibility index (Phi) is 4.25. The van der Waals surface area contributed by atoms with Gasteiger partial charge in [-0.05, 0) is 37.5 Å². The van der Waals surface area contributed by atoms with Gasteiger partial charge in [-0.3, -0.25) is 0 Å². The van der Waals surface area contributed by atoms with Crippen molar-refractivity contribution in [1.29, 1.82) is 0 Å². The Balaban J connectivity index is 1.60. The molecule has 2 aliphatic rings. The summed E-state index contributed by atoms with van der Waals surface area (Å²) in [5, 5.41) is 9.42. The molecule has 1 aromatic carbocycles. The van der Waals surface area contributed by atoms with Gasteiger partial charge < -0.3 is 10.2 Å². The molecular formula is C16H14ClF4N5O. The molecule has 0 spiro atoms. The maximum atomic E-state index is 13.2. The predicted octanol–water partition coefficient (Wildman–Crippen LogP) is 3.80. The van der Waals surface area contributed by atoms with E-state index in [1.807, 2.05) is 0 Å². The summed E-state index contributed by atoms with van der Waals surface area (Å²) in [5.74, 6) is -1.01. The molecule has 0 saturated carbocycles. The van der Waals surface area contributed by atoms with Crippen LogP contribution >= 0.6 is 11.6 Å². The van der Waals surface area contributed by atoms with Crippen molar-refractivity contribution in [3.8, 4) is 5.69 Å². The number of carbonyl (C=O) groups is 1. The second-order valence-electron chi connectivity index (χ2n) is 6.64. The number of alkyl halides is 4. The van der Waals surface area contributed by atoms with Gasteiger partial charge in [-0.2, -0.15) is 22.7 Å². The van der Waals surface area contributed by atoms with E-state index in [0.717, 1.165) is 24.6 Å². The van der Waals surface area contributed by atoms with E-state index in [1.54, 1.807) is 4.90 Å². The minimum atomic E-state index is -4.69. The van der Waals surface area contributed by atoms with E-state index in [9.17, 15) is 22.4 Å². The highest BCUT2D eigenvalue weighted by Gasteiger charge is 2.47. The lowest BCUT2D eigenvalue weighted by Crippen LogP contribution is -2.64. The van der Waals surface area contributed by atoms with E-state index in [1.165, 1.54) is 0 Å². The van der Waals surface area contributed by atoms with Crippen LogP contribution in [0.4, 0.5) is 28.0 Å². The van der Waals surface area contributed by atoms with Crippen molar-refractivity contribution >= 4 is 23.3 Å². The number of nitrogens with one attached hydrogen (secondary N) is 1. The zero-order valence-electron chi connectivity index (χ0n) is 13.7. The third-order valence-electron chi connectivity index (χ3n) is 4.85. The normalized spacial score (nSPS) is 24.5. The summed E-state index contributed by atoms with van der Waals surface area (Å²) in [6.45, 7) is 0. The van der Waals surface area contributed by atoms with Gasteiger partial charge in [0.1, 0.15) is 11.9 Å². The number of aromatic nitrogens is 3. The molecule has 2 amide bonds. The van der Waals surface area contributed by atoms with Crippen LogP contribution < -0.4 is 5.32 Å². The number of hydrogen-bond donors (Lipinski definition) is 1. The largest absolute Gasteiger partial charge is 0.418 e. The van der Waals surface area contributed by atoms with Crippen LogP contribution in [-0.2, 0) is 6.18 Å². The molecule has 27 heavy (non-hydrogen) atoms. The predicted molar refractivity (Wildman–Crippen MR) is 88.2 cm³/mol. The molecule has 2 aromatic rings. The molecular weight excluding hydrogens is 390 g/mol. The number of hydrogen-bond acceptors (Lipinski definition) is 3. The maximum Gasteiger partial charge on any atom is 0.418 e. The molecule has 144 valence electrons. The molecule has 11 heteroatoms. The Bertz CT molecular complexity index is 874. The van der Waals surface area contributed by atoms with E-state index in [2.05, 4.69) is 15.5 Å². The van der Waals surface area contributed by atoms with E-state index in [4.69, 9.17) is 11.6 Å². The Morgan fingerprint density at radius 2 is 1.93 bits per heavy atom. The molecule has 1 aromatic heterocycles. The number of anilines is 1. The average Bonchev–Trinajstić information content (AvgIpc) is 2.99. The summed E-state index contributed by atoms with van der Waals surface area (Å²) in [6, 6.07) is 2.70. The highest BCUT2D eigenvalue weighted by Crippen LogP contribution is 2.41. The number of carbonyl (C=O) groups excluding carboxylic acids is 1. The fourth-order valence-electron chi connectivity index (χ4n) is 3.70. The van der Waals surface area contributed by atoms with Gasteiger partial charge >= 0.3 is 12.2 Å². The lowest BCUT2D eigenvalue weighted by Gasteiger charge is -2.54. The monoisotopic (exact) mass is 403 g/mol. The summed E-state index contributed by atoms with van der Waals surface area (Å²) in [4.78, 5) is 14.7. The van der Waals surface area contributed by atoms with E-state index < -0.39 is 29.4 Å². The summed E-state index contributed by atoms with van der Waals surface area (Å²) in [6.07, 6.45) is -1.72. The molecule has 2 bridgehead atoms. The third kappa shape index (κ3) is 3.33. The topological polar surface area (TPSA) is 63.1 Å². The van der Waals surface area contributed by atoms with Crippen molar-refractivity contribution < 1.29 is 22.4 Å². The maximum absolute atomic E-state index is 13.2. The van der Waals surface area contributed by atoms with Crippen molar-refractivity contribution in [2.45, 2.75) is 42.9 Å². The van der Waals surface area contributed by atoms with Crippen LogP contribution in [0.5, 0.6) is 0 Å². The SMILES string of the molecule is O=C(Nc1ccc(C(F)(F)F)c(-n2ncc(F)n2)c1)N1C2CC(Cl)C[C@@H]1C2. The molecule has 0 radical (unpaired) electrons. The average molecular weight is 404 g/mol. The van der Waals surface area contributed by atoms with Crippen LogP contribution in [0.25, 0.3) is 5.69 Å². The first-order valence-electron chi connectivity index (χ1n) is 8.25. The molecule has 2 fully saturated rings. The quantitative estimate of drug-likeness (QED) is 0.613. The van der Waals surface area contributed by atoms with Gasteiger partial charge in [0.2, 0.25) is 0 Å². The fraction of sp³-hybridized carbons (Fsp3) is 0.438. The Labute approximate surface area is 156 Å². The fourth-order valence-corrected chi connectivity index (χ4v) is 4.11. The Morgan fingerprint density at radius 3 is 2.52 bits per heavy atom. The van der Waals surface area contributed by atoms with Gasteiger partial charge in [-0.1, -0.05) is 0 Å². The second kappa shape index (κ2) is 6.36. The Morgan fingerprint density at radius 1 is 1.22 bits per heavy atom. The van der Waals surface area contributed by atoms with Gasteiger partial charge in [0.15, 0.2) is 0 Å². The number of piperidine rings is 1. The molecule has 2 unspecified atom stereocenters. The number of nitrogens with zero attached hydrogens (tertiary/aromatic N) is 4. The summed E-state index contributed by atoms with van der Waals surface area (Å²) in [5.41, 5.74) is -1.39. The number of urea groups is 1. The number of fused-ring (bicyclic) bond motifs is 2. The number of rotatable bonds is 2. The van der Waals surface area contributed by atoms with E-state index >= 15 is 0 Å². The van der Waals surface area contributed by atoms with Crippen LogP contribution in [0.2, 0.25) is 0 Å². The van der Waals surface area contributed by atoms with Crippen molar-refractivity contribution in [1.82, 2.24) is 19.9 Å². The number of halogens is 5. The standard InChI is InChI=1S/C16H14ClF4N5O/c17-8-3-10-6-11(4-8)25(10)15(27)23-9-1-2-12(16(19,20)21)13(5-9)26-22-7-14(18)24-26/h1-2,5,7-8,10-11H,3-4,6H2,(H,23,27)/t8?,10-,11?/m1/s1. The second-order valence-corrected chi connectivity index (χ2v) is 7.25. The van der Waals surface area contributed by atoms with Crippen LogP contribution in [0, 0.1) is 5.95 Å². The molecule has 3 heterocycles. The van der Waals surface area contributed by atoms with Crippen LogP contribution in [0.15, 0.2) is 24.4 Å². The molecule has 4 rings (SSSR count). The lowest BCUT2D eigenvalue weighted by atomic mass is 9.80. The lowest BCUT2D eigenvalue weighted by molar-refractivity contribution is -0.137. The van der Waals surface area contributed by atoms with Gasteiger partial charge in [0.25, 0.3) is 5.95 Å². The molecule has 2 saturated heterocycles. The number of benzene rings is 1. The molecule has 3 atom stereocenters. The van der Waals surface area contributed by atoms with Gasteiger partial charge in [-0.25, -0.2) is 4.79 Å². The first-order valence-corrected chi connectivity index (χ1v) is 8.69. The van der Waals surface area contributed by atoms with Crippen molar-refractivity contribution in [2.24, 2.45) is 0 Å². The molecule has 2 aliphatic heterocycles. The Hall–Kier alpha value is -2.36.